The van der Waals surface area contributed by atoms with Crippen molar-refractivity contribution < 1.29 is 32.9 Å². The van der Waals surface area contributed by atoms with Crippen LogP contribution in [0.3, 0.4) is 0 Å². The van der Waals surface area contributed by atoms with E-state index in [1.807, 2.05) is 0 Å². The van der Waals surface area contributed by atoms with Gasteiger partial charge in [0.1, 0.15) is 6.61 Å². The third-order valence-corrected chi connectivity index (χ3v) is 1.97. The van der Waals surface area contributed by atoms with Crippen molar-refractivity contribution in [2.45, 2.75) is 6.29 Å². The van der Waals surface area contributed by atoms with Gasteiger partial charge in [0.25, 0.3) is 0 Å². The predicted octanol–water partition coefficient (Wildman–Crippen LogP) is 1.55. The quantitative estimate of drug-likeness (QED) is 0.863. The minimum absolute atomic E-state index is 0.116. The largest absolute Gasteiger partial charge is 0.586 e. The maximum absolute atomic E-state index is 12.7. The topological polar surface area (TPSA) is 77.0 Å². The first-order valence-corrected chi connectivity index (χ1v) is 4.95. The van der Waals surface area contributed by atoms with E-state index in [2.05, 4.69) is 19.5 Å². The molecule has 1 aromatic rings. The number of aliphatic hydroxyl groups is 1. The monoisotopic (exact) mass is 261 g/mol. The normalized spacial score (nSPS) is 15.3. The van der Waals surface area contributed by atoms with Crippen LogP contribution < -0.4 is 14.8 Å². The Morgan fingerprint density at radius 3 is 2.83 bits per heavy atom. The first kappa shape index (κ1) is 12.4. The number of hydrogen-bond donors (Lipinski definition) is 2. The number of halogens is 2. The van der Waals surface area contributed by atoms with Crippen LogP contribution in [-0.4, -0.2) is 30.7 Å². The van der Waals surface area contributed by atoms with E-state index in [9.17, 15) is 13.6 Å². The number of benzene rings is 1. The smallest absolute Gasteiger partial charge is 0.447 e. The molecule has 0 aliphatic carbocycles. The molecule has 0 fully saturated rings. The van der Waals surface area contributed by atoms with Gasteiger partial charge in [-0.15, -0.1) is 8.78 Å². The van der Waals surface area contributed by atoms with E-state index in [4.69, 9.17) is 5.11 Å². The van der Waals surface area contributed by atoms with E-state index in [0.29, 0.717) is 0 Å². The fraction of sp³-hybridized carbons (Fsp3) is 0.300. The second kappa shape index (κ2) is 4.65. The van der Waals surface area contributed by atoms with E-state index < -0.39 is 12.4 Å². The lowest BCUT2D eigenvalue weighted by molar-refractivity contribution is -0.286. The van der Waals surface area contributed by atoms with Crippen molar-refractivity contribution in [1.82, 2.24) is 0 Å². The first-order valence-electron chi connectivity index (χ1n) is 4.95. The van der Waals surface area contributed by atoms with Gasteiger partial charge in [-0.2, -0.15) is 0 Å². The molecule has 6 nitrogen and oxygen atoms in total. The number of nitrogens with one attached hydrogen (secondary N) is 1. The van der Waals surface area contributed by atoms with Crippen molar-refractivity contribution >= 4 is 11.8 Å². The number of alkyl halides is 2. The summed E-state index contributed by atoms with van der Waals surface area (Å²) >= 11 is 0. The van der Waals surface area contributed by atoms with Crippen LogP contribution in [0.25, 0.3) is 0 Å². The van der Waals surface area contributed by atoms with Crippen LogP contribution in [0.15, 0.2) is 18.2 Å². The highest BCUT2D eigenvalue weighted by molar-refractivity contribution is 5.85. The fourth-order valence-corrected chi connectivity index (χ4v) is 1.32. The molecular formula is C10H9F2NO5. The maximum Gasteiger partial charge on any atom is 0.586 e. The third-order valence-electron chi connectivity index (χ3n) is 1.97. The molecule has 0 spiro atoms. The van der Waals surface area contributed by atoms with E-state index >= 15 is 0 Å². The minimum atomic E-state index is -3.70. The number of aliphatic hydroxyl groups excluding tert-OH is 1. The molecule has 0 bridgehead atoms. The lowest BCUT2D eigenvalue weighted by atomic mass is 10.3. The van der Waals surface area contributed by atoms with Crippen molar-refractivity contribution in [3.8, 4) is 11.5 Å². The Balaban J connectivity index is 2.03. The first-order chi connectivity index (χ1) is 8.50. The lowest BCUT2D eigenvalue weighted by Crippen LogP contribution is -2.25. The molecule has 0 saturated carbocycles. The van der Waals surface area contributed by atoms with Gasteiger partial charge in [0.05, 0.1) is 6.61 Å². The molecule has 1 aliphatic heterocycles. The zero-order valence-electron chi connectivity index (χ0n) is 8.98. The van der Waals surface area contributed by atoms with Crippen molar-refractivity contribution in [2.75, 3.05) is 18.5 Å². The zero-order valence-corrected chi connectivity index (χ0v) is 8.98. The van der Waals surface area contributed by atoms with Gasteiger partial charge in [-0.05, 0) is 12.1 Å². The third kappa shape index (κ3) is 2.77. The van der Waals surface area contributed by atoms with E-state index in [1.165, 1.54) is 18.2 Å². The molecule has 8 heteroatoms. The fourth-order valence-electron chi connectivity index (χ4n) is 1.32. The zero-order chi connectivity index (χ0) is 13.2. The van der Waals surface area contributed by atoms with Gasteiger partial charge in [0.15, 0.2) is 11.5 Å². The Kier molecular flexibility index (Phi) is 3.19. The highest BCUT2D eigenvalue weighted by atomic mass is 19.3. The van der Waals surface area contributed by atoms with E-state index in [1.54, 1.807) is 0 Å². The van der Waals surface area contributed by atoms with Crippen molar-refractivity contribution in [3.05, 3.63) is 18.2 Å². The molecule has 1 aliphatic rings. The molecule has 0 unspecified atom stereocenters. The molecule has 0 saturated heterocycles. The summed E-state index contributed by atoms with van der Waals surface area (Å²) in [5.41, 5.74) is 0.206. The van der Waals surface area contributed by atoms with Gasteiger partial charge in [-0.1, -0.05) is 0 Å². The number of rotatable bonds is 3. The second-order valence-electron chi connectivity index (χ2n) is 3.31. The Bertz CT molecular complexity index is 466. The van der Waals surface area contributed by atoms with Crippen LogP contribution in [0.4, 0.5) is 19.3 Å². The highest BCUT2D eigenvalue weighted by Crippen LogP contribution is 2.42. The summed E-state index contributed by atoms with van der Waals surface area (Å²) in [6.07, 6.45) is -4.51. The van der Waals surface area contributed by atoms with Gasteiger partial charge in [0.2, 0.25) is 0 Å². The standard InChI is InChI=1S/C10H9F2NO5/c11-10(12)17-7-2-1-6(5-8(7)18-10)13-9(15)16-4-3-14/h1-2,5,14H,3-4H2,(H,13,15). The molecule has 18 heavy (non-hydrogen) atoms. The average molecular weight is 261 g/mol. The van der Waals surface area contributed by atoms with Gasteiger partial charge in [-0.3, -0.25) is 5.32 Å². The highest BCUT2D eigenvalue weighted by Gasteiger charge is 2.43. The maximum atomic E-state index is 12.7. The van der Waals surface area contributed by atoms with Gasteiger partial charge < -0.3 is 19.3 Å². The Labute approximate surface area is 100 Å². The summed E-state index contributed by atoms with van der Waals surface area (Å²) < 4.78 is 38.4. The number of fused-ring (bicyclic) bond motifs is 1. The molecule has 1 heterocycles. The van der Waals surface area contributed by atoms with Crippen LogP contribution in [0, 0.1) is 0 Å². The average Bonchev–Trinajstić information content (AvgIpc) is 2.59. The Hall–Kier alpha value is -2.09. The van der Waals surface area contributed by atoms with Crippen LogP contribution in [0.5, 0.6) is 11.5 Å². The molecular weight excluding hydrogens is 252 g/mol. The predicted molar refractivity (Wildman–Crippen MR) is 54.7 cm³/mol. The molecule has 0 atom stereocenters. The number of hydrogen-bond acceptors (Lipinski definition) is 5. The van der Waals surface area contributed by atoms with Crippen LogP contribution in [0.1, 0.15) is 0 Å². The summed E-state index contributed by atoms with van der Waals surface area (Å²) in [6.45, 7) is -0.463. The molecule has 1 amide bonds. The Morgan fingerprint density at radius 1 is 1.39 bits per heavy atom. The summed E-state index contributed by atoms with van der Waals surface area (Å²) in [5.74, 6) is -0.297. The van der Waals surface area contributed by atoms with Gasteiger partial charge in [0, 0.05) is 11.8 Å². The van der Waals surface area contributed by atoms with Gasteiger partial charge in [-0.25, -0.2) is 4.79 Å². The number of amides is 1. The van der Waals surface area contributed by atoms with E-state index in [0.717, 1.165) is 0 Å². The summed E-state index contributed by atoms with van der Waals surface area (Å²) in [5, 5.41) is 10.7. The molecule has 2 N–H and O–H groups in total. The van der Waals surface area contributed by atoms with Crippen LogP contribution in [-0.2, 0) is 4.74 Å². The Morgan fingerprint density at radius 2 is 2.11 bits per heavy atom. The van der Waals surface area contributed by atoms with Crippen molar-refractivity contribution in [1.29, 1.82) is 0 Å². The van der Waals surface area contributed by atoms with Crippen molar-refractivity contribution in [3.63, 3.8) is 0 Å². The van der Waals surface area contributed by atoms with Gasteiger partial charge >= 0.3 is 12.4 Å². The van der Waals surface area contributed by atoms with Crippen molar-refractivity contribution in [2.24, 2.45) is 0 Å². The number of ether oxygens (including phenoxy) is 3. The summed E-state index contributed by atoms with van der Waals surface area (Å²) in [7, 11) is 0. The number of carbonyl (C=O) groups excluding carboxylic acids is 1. The molecule has 0 aromatic heterocycles. The van der Waals surface area contributed by atoms with E-state index in [-0.39, 0.29) is 30.4 Å². The number of carbonyl (C=O) groups is 1. The molecule has 98 valence electrons. The molecule has 1 aromatic carbocycles. The molecule has 2 rings (SSSR count). The minimum Gasteiger partial charge on any atom is -0.447 e. The lowest BCUT2D eigenvalue weighted by Gasteiger charge is -2.06. The number of anilines is 1. The SMILES string of the molecule is O=C(Nc1ccc2c(c1)OC(F)(F)O2)OCCO. The second-order valence-corrected chi connectivity index (χ2v) is 3.31. The van der Waals surface area contributed by atoms with Crippen LogP contribution >= 0.6 is 0 Å². The summed E-state index contributed by atoms with van der Waals surface area (Å²) in [4.78, 5) is 11.1. The molecule has 0 radical (unpaired) electrons. The van der Waals surface area contributed by atoms with Crippen LogP contribution in [0.2, 0.25) is 0 Å². The summed E-state index contributed by atoms with van der Waals surface area (Å²) in [6, 6.07) is 3.76.